The van der Waals surface area contributed by atoms with Gasteiger partial charge < -0.3 is 4.74 Å². The Morgan fingerprint density at radius 2 is 1.79 bits per heavy atom. The number of benzene rings is 3. The molecule has 0 amide bonds. The van der Waals surface area contributed by atoms with Gasteiger partial charge in [-0.3, -0.25) is 0 Å². The van der Waals surface area contributed by atoms with Crippen LogP contribution in [-0.2, 0) is 0 Å². The van der Waals surface area contributed by atoms with E-state index in [1.807, 2.05) is 61.5 Å². The summed E-state index contributed by atoms with van der Waals surface area (Å²) in [6.07, 6.45) is 0. The normalized spacial score (nSPS) is 12.0. The fourth-order valence-corrected chi connectivity index (χ4v) is 3.64. The van der Waals surface area contributed by atoms with Crippen molar-refractivity contribution in [3.05, 3.63) is 72.1 Å². The number of ether oxygens (including phenoxy) is 1. The molecule has 0 N–H and O–H groups in total. The molecule has 0 aromatic heterocycles. The number of fused-ring (bicyclic) bond motifs is 2. The van der Waals surface area contributed by atoms with E-state index in [0.29, 0.717) is 6.61 Å². The number of hydrogen-bond donors (Lipinski definition) is 0. The fraction of sp³-hybridized carbons (Fsp3) is 0.100. The van der Waals surface area contributed by atoms with Gasteiger partial charge in [-0.25, -0.2) is 9.98 Å². The van der Waals surface area contributed by atoms with Gasteiger partial charge in [0.25, 0.3) is 0 Å². The maximum Gasteiger partial charge on any atom is 0.148 e. The number of aromatic nitrogens is 1. The van der Waals surface area contributed by atoms with Crippen molar-refractivity contribution < 1.29 is 4.74 Å². The molecule has 2 aromatic rings. The zero-order chi connectivity index (χ0) is 16.4. The summed E-state index contributed by atoms with van der Waals surface area (Å²) in [4.78, 5) is 10.6. The van der Waals surface area contributed by atoms with Gasteiger partial charge >= 0.3 is 0 Å². The second kappa shape index (κ2) is 6.42. The Morgan fingerprint density at radius 1 is 1.00 bits per heavy atom. The molecule has 1 aliphatic carbocycles. The quantitative estimate of drug-likeness (QED) is 0.493. The molecule has 0 radical (unpaired) electrons. The molecule has 0 saturated heterocycles. The van der Waals surface area contributed by atoms with Gasteiger partial charge in [0, 0.05) is 6.07 Å². The average Bonchev–Trinajstić information content (AvgIpc) is 2.61. The first kappa shape index (κ1) is 14.8. The zero-order valence-corrected chi connectivity index (χ0v) is 14.1. The summed E-state index contributed by atoms with van der Waals surface area (Å²) in [6.45, 7) is 2.58. The molecule has 4 heteroatoms. The topological polar surface area (TPSA) is 34.5 Å². The minimum Gasteiger partial charge on any atom is -0.491 e. The third-order valence-corrected chi connectivity index (χ3v) is 4.75. The molecule has 0 atom stereocenters. The molecule has 2 aromatic carbocycles. The van der Waals surface area contributed by atoms with Crippen LogP contribution in [0.5, 0.6) is 5.75 Å². The number of rotatable bonds is 3. The second-order valence-electron chi connectivity index (χ2n) is 5.35. The first-order chi connectivity index (χ1) is 11.8. The van der Waals surface area contributed by atoms with Crippen LogP contribution < -0.4 is 10.1 Å². The summed E-state index contributed by atoms with van der Waals surface area (Å²) in [5.41, 5.74) is 2.81. The molecule has 0 fully saturated rings. The second-order valence-corrected chi connectivity index (χ2v) is 6.44. The van der Waals surface area contributed by atoms with Gasteiger partial charge in [0.2, 0.25) is 0 Å². The van der Waals surface area contributed by atoms with Crippen molar-refractivity contribution in [1.82, 2.24) is 4.98 Å². The van der Waals surface area contributed by atoms with Gasteiger partial charge in [-0.05, 0) is 37.3 Å². The third-order valence-electron chi connectivity index (χ3n) is 3.66. The van der Waals surface area contributed by atoms with Crippen molar-refractivity contribution in [2.75, 3.05) is 6.61 Å². The Labute approximate surface area is 144 Å². The SMILES string of the molecule is CCOc1cc(=Nc2ccccc2)cc2sc3ccccc3nc1-2. The summed E-state index contributed by atoms with van der Waals surface area (Å²) in [7, 11) is 0. The van der Waals surface area contributed by atoms with Crippen LogP contribution in [0.25, 0.3) is 20.8 Å². The molecule has 0 bridgehead atoms. The lowest BCUT2D eigenvalue weighted by atomic mass is 10.2. The van der Waals surface area contributed by atoms with Crippen molar-refractivity contribution in [1.29, 1.82) is 0 Å². The Hall–Kier alpha value is -2.72. The number of hydrogen-bond acceptors (Lipinski definition) is 4. The van der Waals surface area contributed by atoms with E-state index in [4.69, 9.17) is 14.7 Å². The van der Waals surface area contributed by atoms with Crippen LogP contribution in [0.15, 0.2) is 71.7 Å². The van der Waals surface area contributed by atoms with E-state index in [-0.39, 0.29) is 0 Å². The van der Waals surface area contributed by atoms with Crippen molar-refractivity contribution in [2.24, 2.45) is 4.99 Å². The summed E-state index contributed by atoms with van der Waals surface area (Å²) >= 11 is 1.71. The van der Waals surface area contributed by atoms with E-state index in [9.17, 15) is 0 Å². The Bertz CT molecular complexity index is 1020. The van der Waals surface area contributed by atoms with Gasteiger partial charge in [-0.2, -0.15) is 0 Å². The lowest BCUT2D eigenvalue weighted by Gasteiger charge is -2.12. The maximum atomic E-state index is 5.83. The summed E-state index contributed by atoms with van der Waals surface area (Å²) < 4.78 is 6.99. The van der Waals surface area contributed by atoms with Crippen LogP contribution in [0.2, 0.25) is 0 Å². The molecule has 4 rings (SSSR count). The minimum atomic E-state index is 0.600. The average molecular weight is 332 g/mol. The molecule has 0 spiro atoms. The van der Waals surface area contributed by atoms with Gasteiger partial charge in [-0.1, -0.05) is 30.3 Å². The van der Waals surface area contributed by atoms with E-state index in [1.165, 1.54) is 0 Å². The zero-order valence-electron chi connectivity index (χ0n) is 13.3. The number of para-hydroxylation sites is 2. The summed E-state index contributed by atoms with van der Waals surface area (Å²) in [5, 5.41) is 0.880. The molecular formula is C20H16N2OS. The molecule has 3 nitrogen and oxygen atoms in total. The maximum absolute atomic E-state index is 5.83. The fourth-order valence-electron chi connectivity index (χ4n) is 2.61. The Morgan fingerprint density at radius 3 is 2.62 bits per heavy atom. The highest BCUT2D eigenvalue weighted by molar-refractivity contribution is 7.21. The first-order valence-electron chi connectivity index (χ1n) is 7.90. The molecule has 118 valence electrons. The van der Waals surface area contributed by atoms with E-state index in [1.54, 1.807) is 11.3 Å². The predicted molar refractivity (Wildman–Crippen MR) is 99.1 cm³/mol. The minimum absolute atomic E-state index is 0.600. The van der Waals surface area contributed by atoms with Gasteiger partial charge in [0.1, 0.15) is 11.4 Å². The Kier molecular flexibility index (Phi) is 3.97. The monoisotopic (exact) mass is 332 g/mol. The number of nitrogens with zero attached hydrogens (tertiary/aromatic N) is 2. The molecule has 24 heavy (non-hydrogen) atoms. The van der Waals surface area contributed by atoms with E-state index in [0.717, 1.165) is 37.6 Å². The molecule has 2 aliphatic rings. The van der Waals surface area contributed by atoms with Crippen LogP contribution in [0.3, 0.4) is 0 Å². The van der Waals surface area contributed by atoms with Gasteiger partial charge in [0.05, 0.1) is 32.7 Å². The smallest absolute Gasteiger partial charge is 0.148 e. The highest BCUT2D eigenvalue weighted by Gasteiger charge is 2.13. The molecule has 1 heterocycles. The largest absolute Gasteiger partial charge is 0.491 e. The molecule has 0 saturated carbocycles. The van der Waals surface area contributed by atoms with E-state index >= 15 is 0 Å². The third kappa shape index (κ3) is 2.88. The molecular weight excluding hydrogens is 316 g/mol. The first-order valence-corrected chi connectivity index (χ1v) is 8.71. The summed E-state index contributed by atoms with van der Waals surface area (Å²) in [6, 6.07) is 22.2. The highest BCUT2D eigenvalue weighted by Crippen LogP contribution is 2.35. The van der Waals surface area contributed by atoms with Crippen LogP contribution in [-0.4, -0.2) is 11.6 Å². The Balaban J connectivity index is 1.98. The van der Waals surface area contributed by atoms with Crippen LogP contribution in [0.1, 0.15) is 6.92 Å². The van der Waals surface area contributed by atoms with Gasteiger partial charge in [-0.15, -0.1) is 11.3 Å². The predicted octanol–water partition coefficient (Wildman–Crippen LogP) is 5.03. The van der Waals surface area contributed by atoms with Crippen LogP contribution in [0, 0.1) is 0 Å². The van der Waals surface area contributed by atoms with Crippen LogP contribution in [0.4, 0.5) is 5.69 Å². The van der Waals surface area contributed by atoms with Crippen molar-refractivity contribution in [3.8, 4) is 16.3 Å². The van der Waals surface area contributed by atoms with Gasteiger partial charge in [0.15, 0.2) is 0 Å². The van der Waals surface area contributed by atoms with Crippen molar-refractivity contribution in [3.63, 3.8) is 0 Å². The van der Waals surface area contributed by atoms with E-state index < -0.39 is 0 Å². The molecule has 1 aliphatic heterocycles. The van der Waals surface area contributed by atoms with E-state index in [2.05, 4.69) is 12.1 Å². The molecule has 0 unspecified atom stereocenters. The standard InChI is InChI=1S/C20H16N2OS/c1-2-23-17-12-15(21-14-8-4-3-5-9-14)13-19-20(17)22-16-10-6-7-11-18(16)24-19/h3-13H,2H2,1H3. The van der Waals surface area contributed by atoms with Crippen molar-refractivity contribution >= 4 is 27.2 Å². The lowest BCUT2D eigenvalue weighted by molar-refractivity contribution is 0.340. The summed E-state index contributed by atoms with van der Waals surface area (Å²) in [5.74, 6) is 0.784. The van der Waals surface area contributed by atoms with Crippen molar-refractivity contribution in [2.45, 2.75) is 6.92 Å². The highest BCUT2D eigenvalue weighted by atomic mass is 32.1. The lowest BCUT2D eigenvalue weighted by Crippen LogP contribution is -2.06. The van der Waals surface area contributed by atoms with Crippen LogP contribution >= 0.6 is 11.3 Å².